The molecule has 0 radical (unpaired) electrons. The van der Waals surface area contributed by atoms with Gasteiger partial charge in [0.2, 0.25) is 0 Å². The maximum absolute atomic E-state index is 12.5. The normalized spacial score (nSPS) is 35.2. The Morgan fingerprint density at radius 3 is 2.46 bits per heavy atom. The molecule has 0 aliphatic heterocycles. The monoisotopic (exact) mass is 539 g/mol. The maximum Gasteiger partial charge on any atom is 0.306 e. The van der Waals surface area contributed by atoms with Gasteiger partial charge in [0.25, 0.3) is 0 Å². The molecule has 222 valence electrons. The first-order valence-electron chi connectivity index (χ1n) is 16.9. The minimum absolute atomic E-state index is 0.0530. The van der Waals surface area contributed by atoms with Crippen molar-refractivity contribution < 1.29 is 9.53 Å². The number of fused-ring (bicyclic) bond motifs is 5. The number of rotatable bonds is 13. The first kappa shape index (κ1) is 32.2. The third-order valence-electron chi connectivity index (χ3n) is 11.9. The van der Waals surface area contributed by atoms with Crippen molar-refractivity contribution in [2.75, 3.05) is 0 Å². The molecule has 3 heteroatoms. The van der Waals surface area contributed by atoms with Crippen LogP contribution in [0.3, 0.4) is 0 Å². The zero-order valence-corrected chi connectivity index (χ0v) is 26.3. The zero-order chi connectivity index (χ0) is 28.5. The number of carbonyl (C=O) groups is 1. The second-order valence-corrected chi connectivity index (χ2v) is 14.6. The molecule has 0 heterocycles. The number of esters is 1. The number of unbranched alkanes of at least 4 members (excludes halogenated alkanes) is 6. The van der Waals surface area contributed by atoms with Crippen molar-refractivity contribution in [3.05, 3.63) is 11.6 Å². The molecule has 3 saturated carbocycles. The quantitative estimate of drug-likeness (QED) is 0.133. The van der Waals surface area contributed by atoms with Gasteiger partial charge in [0, 0.05) is 19.4 Å². The van der Waals surface area contributed by atoms with Crippen molar-refractivity contribution >= 4 is 5.97 Å². The lowest BCUT2D eigenvalue weighted by atomic mass is 9.47. The van der Waals surface area contributed by atoms with Crippen LogP contribution in [0.25, 0.3) is 0 Å². The van der Waals surface area contributed by atoms with Crippen molar-refractivity contribution in [3.8, 4) is 6.57 Å². The molecule has 39 heavy (non-hydrogen) atoms. The molecule has 7 atom stereocenters. The summed E-state index contributed by atoms with van der Waals surface area (Å²) >= 11 is 0. The average Bonchev–Trinajstić information content (AvgIpc) is 3.26. The standard InChI is InChI=1S/C35H60O2.CHN/c1-6-7-8-9-10-11-16-33(36)37-29-21-23-35(5)28(25-29)17-19-30-31-20-18-27(15-13-12-14-26(2)3)34(31,4)24-22-32(30)35;1-2/h17,26-27,29-32H,6-16,18-25H2,1-5H3;1H/t27-,29-,30-,31-,32-,34+,35-;/m0./s1. The molecule has 0 aromatic rings. The van der Waals surface area contributed by atoms with E-state index >= 15 is 0 Å². The number of ether oxygens (including phenoxy) is 1. The number of nitrogens with zero attached hydrogens (tertiary/aromatic N) is 1. The summed E-state index contributed by atoms with van der Waals surface area (Å²) in [5.74, 6) is 4.54. The van der Waals surface area contributed by atoms with Crippen LogP contribution in [0.4, 0.5) is 0 Å². The van der Waals surface area contributed by atoms with Crippen molar-refractivity contribution in [1.82, 2.24) is 0 Å². The van der Waals surface area contributed by atoms with Crippen molar-refractivity contribution in [3.63, 3.8) is 0 Å². The van der Waals surface area contributed by atoms with Crippen LogP contribution in [0.1, 0.15) is 157 Å². The van der Waals surface area contributed by atoms with E-state index in [1.165, 1.54) is 96.3 Å². The number of nitriles is 1. The molecule has 0 aromatic carbocycles. The minimum Gasteiger partial charge on any atom is -0.462 e. The second kappa shape index (κ2) is 15.1. The summed E-state index contributed by atoms with van der Waals surface area (Å²) in [5, 5.41) is 6.50. The Hall–Kier alpha value is -1.30. The third-order valence-corrected chi connectivity index (χ3v) is 11.9. The fourth-order valence-corrected chi connectivity index (χ4v) is 9.55. The predicted octanol–water partition coefficient (Wildman–Crippen LogP) is 10.6. The Kier molecular flexibility index (Phi) is 12.5. The molecular weight excluding hydrogens is 478 g/mol. The highest BCUT2D eigenvalue weighted by atomic mass is 16.5. The summed E-state index contributed by atoms with van der Waals surface area (Å²) in [6.45, 7) is 15.8. The van der Waals surface area contributed by atoms with Gasteiger partial charge in [0.05, 0.1) is 0 Å². The van der Waals surface area contributed by atoms with Gasteiger partial charge in [0.15, 0.2) is 0 Å². The van der Waals surface area contributed by atoms with Crippen molar-refractivity contribution in [2.45, 2.75) is 163 Å². The van der Waals surface area contributed by atoms with Gasteiger partial charge < -0.3 is 4.74 Å². The third kappa shape index (κ3) is 7.71. The topological polar surface area (TPSA) is 50.1 Å². The van der Waals surface area contributed by atoms with Gasteiger partial charge in [-0.1, -0.05) is 97.6 Å². The van der Waals surface area contributed by atoms with Crippen LogP contribution in [0, 0.1) is 52.3 Å². The van der Waals surface area contributed by atoms with Crippen LogP contribution < -0.4 is 0 Å². The van der Waals surface area contributed by atoms with Gasteiger partial charge in [-0.15, -0.1) is 0 Å². The predicted molar refractivity (Wildman–Crippen MR) is 163 cm³/mol. The maximum atomic E-state index is 12.5. The Bertz CT molecular complexity index is 814. The molecule has 0 aromatic heterocycles. The van der Waals surface area contributed by atoms with Crippen LogP contribution in [-0.4, -0.2) is 12.1 Å². The van der Waals surface area contributed by atoms with E-state index in [1.807, 2.05) is 0 Å². The molecule has 0 N–H and O–H groups in total. The fraction of sp³-hybridized carbons (Fsp3) is 0.889. The molecule has 4 rings (SSSR count). The Morgan fingerprint density at radius 2 is 1.72 bits per heavy atom. The molecule has 0 saturated heterocycles. The largest absolute Gasteiger partial charge is 0.462 e. The molecule has 0 spiro atoms. The van der Waals surface area contributed by atoms with E-state index in [0.717, 1.165) is 48.9 Å². The van der Waals surface area contributed by atoms with E-state index in [1.54, 1.807) is 5.57 Å². The van der Waals surface area contributed by atoms with E-state index in [4.69, 9.17) is 10.00 Å². The summed E-state index contributed by atoms with van der Waals surface area (Å²) in [6.07, 6.45) is 26.9. The van der Waals surface area contributed by atoms with Gasteiger partial charge in [-0.25, -0.2) is 5.26 Å². The Labute approximate surface area is 241 Å². The Morgan fingerprint density at radius 1 is 0.974 bits per heavy atom. The summed E-state index contributed by atoms with van der Waals surface area (Å²) < 4.78 is 6.03. The number of allylic oxidation sites excluding steroid dienone is 1. The fourth-order valence-electron chi connectivity index (χ4n) is 9.55. The summed E-state index contributed by atoms with van der Waals surface area (Å²) in [5.41, 5.74) is 2.58. The lowest BCUT2D eigenvalue weighted by molar-refractivity contribution is -0.151. The molecule has 4 aliphatic carbocycles. The van der Waals surface area contributed by atoms with Gasteiger partial charge in [-0.3, -0.25) is 4.79 Å². The van der Waals surface area contributed by atoms with Crippen LogP contribution in [0.5, 0.6) is 0 Å². The lowest BCUT2D eigenvalue weighted by Crippen LogP contribution is -2.50. The van der Waals surface area contributed by atoms with Crippen molar-refractivity contribution in [1.29, 1.82) is 5.26 Å². The average molecular weight is 540 g/mol. The smallest absolute Gasteiger partial charge is 0.306 e. The molecule has 3 fully saturated rings. The highest BCUT2D eigenvalue weighted by Gasteiger charge is 2.58. The molecular formula is C36H61NO2. The molecule has 0 amide bonds. The molecule has 3 nitrogen and oxygen atoms in total. The van der Waals surface area contributed by atoms with Crippen molar-refractivity contribution in [2.24, 2.45) is 40.4 Å². The summed E-state index contributed by atoms with van der Waals surface area (Å²) in [4.78, 5) is 12.5. The molecule has 0 bridgehead atoms. The van der Waals surface area contributed by atoms with E-state index in [9.17, 15) is 4.79 Å². The van der Waals surface area contributed by atoms with Crippen LogP contribution >= 0.6 is 0 Å². The van der Waals surface area contributed by atoms with E-state index in [-0.39, 0.29) is 12.1 Å². The Balaban J connectivity index is 0.00000205. The van der Waals surface area contributed by atoms with Crippen LogP contribution in [0.2, 0.25) is 0 Å². The van der Waals surface area contributed by atoms with E-state index in [0.29, 0.717) is 17.3 Å². The highest BCUT2D eigenvalue weighted by molar-refractivity contribution is 5.69. The molecule has 4 aliphatic rings. The summed E-state index contributed by atoms with van der Waals surface area (Å²) in [7, 11) is 0. The summed E-state index contributed by atoms with van der Waals surface area (Å²) in [6, 6.07) is 0. The first-order chi connectivity index (χ1) is 18.8. The first-order valence-corrected chi connectivity index (χ1v) is 16.9. The van der Waals surface area contributed by atoms with Crippen LogP contribution in [0.15, 0.2) is 11.6 Å². The molecule has 0 unspecified atom stereocenters. The lowest BCUT2D eigenvalue weighted by Gasteiger charge is -2.58. The van der Waals surface area contributed by atoms with Gasteiger partial charge in [-0.05, 0) is 98.2 Å². The van der Waals surface area contributed by atoms with E-state index in [2.05, 4.69) is 47.3 Å². The number of hydrogen-bond donors (Lipinski definition) is 0. The number of hydrogen-bond acceptors (Lipinski definition) is 3. The minimum atomic E-state index is 0.0530. The number of carbonyl (C=O) groups excluding carboxylic acids is 1. The van der Waals surface area contributed by atoms with Gasteiger partial charge >= 0.3 is 5.97 Å². The van der Waals surface area contributed by atoms with Crippen LogP contribution in [-0.2, 0) is 9.53 Å². The van der Waals surface area contributed by atoms with Gasteiger partial charge in [0.1, 0.15) is 6.10 Å². The second-order valence-electron chi connectivity index (χ2n) is 14.6. The van der Waals surface area contributed by atoms with E-state index < -0.39 is 0 Å². The van der Waals surface area contributed by atoms with Gasteiger partial charge in [-0.2, -0.15) is 0 Å². The zero-order valence-electron chi connectivity index (χ0n) is 26.3. The highest BCUT2D eigenvalue weighted by Crippen LogP contribution is 2.66. The SMILES string of the molecule is C#N.CCCCCCCCC(=O)O[C@H]1CC[C@@]2(C)C(=CC[C@H]3[C@@H]4CC[C@H](CCCCC(C)C)[C@@]4(C)CC[C@@H]32)C1.